The maximum Gasteiger partial charge on any atom is 0.407 e. The normalized spacial score (nSPS) is 13.9. The SMILES string of the molecule is C[C@H](NC(=O)OCC1c2ccccc2-c2ccccc21)C(=O)N(Cc1ccccc1)[C@@H](C)C(=O)O.C[C@H](NC(=O)OCC1c2ccccc2-c2ccccc21)C(=O)N(Cc1ccccc1)[C@@H](C)C(=O)O[Si](C)(C)C.C[C@H](NC(=O)OCC1c2ccccc2-c2ccccc21)C(=O)O. The molecule has 0 spiro atoms. The topological polar surface area (TPSA) is 257 Å². The van der Waals surface area contributed by atoms with Crippen molar-refractivity contribution in [3.8, 4) is 33.4 Å². The van der Waals surface area contributed by atoms with Crippen LogP contribution in [0.2, 0.25) is 19.6 Å². The number of hydrogen-bond acceptors (Lipinski definition) is 12. The Hall–Kier alpha value is -10.9. The van der Waals surface area contributed by atoms with E-state index >= 15 is 0 Å². The number of benzene rings is 8. The van der Waals surface area contributed by atoms with Gasteiger partial charge in [0, 0.05) is 30.8 Å². The number of carbonyl (C=O) groups is 8. The van der Waals surface area contributed by atoms with Gasteiger partial charge in [-0.25, -0.2) is 19.2 Å². The molecule has 3 aliphatic carbocycles. The fourth-order valence-corrected chi connectivity index (χ4v) is 12.9. The highest BCUT2D eigenvalue weighted by molar-refractivity contribution is 6.71. The molecule has 0 saturated heterocycles. The highest BCUT2D eigenvalue weighted by Crippen LogP contribution is 2.47. The lowest BCUT2D eigenvalue weighted by Gasteiger charge is -2.32. The Bertz CT molecular complexity index is 4010. The molecule has 0 aromatic heterocycles. The molecule has 97 heavy (non-hydrogen) atoms. The third-order valence-corrected chi connectivity index (χ3v) is 18.0. The maximum atomic E-state index is 13.5. The van der Waals surface area contributed by atoms with Crippen molar-refractivity contribution in [2.75, 3.05) is 19.8 Å². The quantitative estimate of drug-likeness (QED) is 0.0331. The minimum absolute atomic E-state index is 0.0340. The van der Waals surface area contributed by atoms with Crippen molar-refractivity contribution in [3.63, 3.8) is 0 Å². The van der Waals surface area contributed by atoms with Crippen molar-refractivity contribution in [2.24, 2.45) is 0 Å². The van der Waals surface area contributed by atoms with E-state index in [4.69, 9.17) is 23.7 Å². The zero-order valence-electron chi connectivity index (χ0n) is 55.5. The van der Waals surface area contributed by atoms with E-state index in [2.05, 4.69) is 64.5 Å². The molecule has 5 atom stereocenters. The first-order chi connectivity index (χ1) is 46.5. The summed E-state index contributed by atoms with van der Waals surface area (Å²) < 4.78 is 22.1. The van der Waals surface area contributed by atoms with Gasteiger partial charge in [-0.15, -0.1) is 0 Å². The molecule has 0 bridgehead atoms. The van der Waals surface area contributed by atoms with E-state index in [-0.39, 0.29) is 50.7 Å². The molecule has 0 unspecified atom stereocenters. The number of ether oxygens (including phenoxy) is 3. The number of carboxylic acids is 2. The van der Waals surface area contributed by atoms with Crippen molar-refractivity contribution in [1.82, 2.24) is 25.8 Å². The van der Waals surface area contributed by atoms with Gasteiger partial charge in [0.25, 0.3) is 0 Å². The molecular formula is C77H81N5O14Si. The van der Waals surface area contributed by atoms with Gasteiger partial charge < -0.3 is 54.6 Å². The van der Waals surface area contributed by atoms with Gasteiger partial charge >= 0.3 is 36.2 Å². The summed E-state index contributed by atoms with van der Waals surface area (Å²) in [5.41, 5.74) is 15.1. The van der Waals surface area contributed by atoms with Crippen molar-refractivity contribution in [3.05, 3.63) is 251 Å². The number of alkyl carbamates (subject to hydrolysis) is 3. The van der Waals surface area contributed by atoms with Crippen LogP contribution < -0.4 is 16.0 Å². The second-order valence-corrected chi connectivity index (χ2v) is 29.5. The van der Waals surface area contributed by atoms with Gasteiger partial charge in [-0.1, -0.05) is 206 Å². The third-order valence-electron chi connectivity index (χ3n) is 17.1. The number of amides is 5. The molecule has 0 fully saturated rings. The molecule has 20 heteroatoms. The summed E-state index contributed by atoms with van der Waals surface area (Å²) in [6.45, 7) is 14.1. The van der Waals surface area contributed by atoms with Crippen molar-refractivity contribution >= 4 is 56.3 Å². The molecule has 0 saturated carbocycles. The van der Waals surface area contributed by atoms with E-state index in [1.165, 1.54) is 30.6 Å². The Kier molecular flexibility index (Phi) is 23.3. The molecule has 0 heterocycles. The Morgan fingerprint density at radius 2 is 0.629 bits per heavy atom. The smallest absolute Gasteiger partial charge is 0.407 e. The lowest BCUT2D eigenvalue weighted by atomic mass is 9.98. The number of fused-ring (bicyclic) bond motifs is 9. The van der Waals surface area contributed by atoms with E-state index in [0.717, 1.165) is 77.9 Å². The molecule has 5 N–H and O–H groups in total. The van der Waals surface area contributed by atoms with Crippen LogP contribution in [0.4, 0.5) is 14.4 Å². The van der Waals surface area contributed by atoms with Gasteiger partial charge in [0.2, 0.25) is 20.1 Å². The average Bonchev–Trinajstić information content (AvgIpc) is 1.64. The monoisotopic (exact) mass is 1330 g/mol. The molecule has 3 aliphatic rings. The lowest BCUT2D eigenvalue weighted by Crippen LogP contribution is -2.53. The van der Waals surface area contributed by atoms with Gasteiger partial charge in [0.1, 0.15) is 50.0 Å². The average molecular weight is 1330 g/mol. The number of rotatable bonds is 21. The second kappa shape index (κ2) is 32.0. The molecule has 8 aromatic carbocycles. The van der Waals surface area contributed by atoms with Crippen molar-refractivity contribution < 1.29 is 67.2 Å². The van der Waals surface area contributed by atoms with Crippen LogP contribution in [0, 0.1) is 0 Å². The summed E-state index contributed by atoms with van der Waals surface area (Å²) in [5, 5.41) is 25.8. The van der Waals surface area contributed by atoms with E-state index < -0.39 is 86.5 Å². The number of nitrogens with zero attached hydrogens (tertiary/aromatic N) is 2. The number of aliphatic carboxylic acids is 2. The fraction of sp³-hybridized carbons (Fsp3) is 0.273. The van der Waals surface area contributed by atoms with Crippen LogP contribution in [0.25, 0.3) is 33.4 Å². The minimum atomic E-state index is -2.16. The zero-order chi connectivity index (χ0) is 69.5. The second-order valence-electron chi connectivity index (χ2n) is 25.0. The van der Waals surface area contributed by atoms with Crippen LogP contribution in [0.1, 0.15) is 96.9 Å². The van der Waals surface area contributed by atoms with Crippen molar-refractivity contribution in [2.45, 2.75) is 115 Å². The van der Waals surface area contributed by atoms with Gasteiger partial charge in [0.05, 0.1) is 0 Å². The van der Waals surface area contributed by atoms with Crippen LogP contribution >= 0.6 is 0 Å². The van der Waals surface area contributed by atoms with Gasteiger partial charge in [-0.3, -0.25) is 19.2 Å². The summed E-state index contributed by atoms with van der Waals surface area (Å²) in [4.78, 5) is 102. The van der Waals surface area contributed by atoms with E-state index in [9.17, 15) is 43.5 Å². The van der Waals surface area contributed by atoms with Gasteiger partial charge in [-0.05, 0) is 132 Å². The van der Waals surface area contributed by atoms with Crippen LogP contribution in [0.3, 0.4) is 0 Å². The number of nitrogens with one attached hydrogen (secondary N) is 3. The highest BCUT2D eigenvalue weighted by atomic mass is 28.4. The molecule has 11 rings (SSSR count). The Labute approximate surface area is 565 Å². The van der Waals surface area contributed by atoms with Gasteiger partial charge in [0.15, 0.2) is 0 Å². The summed E-state index contributed by atoms with van der Waals surface area (Å²) >= 11 is 0. The highest BCUT2D eigenvalue weighted by Gasteiger charge is 2.37. The lowest BCUT2D eigenvalue weighted by molar-refractivity contribution is -0.150. The summed E-state index contributed by atoms with van der Waals surface area (Å²) in [6.07, 6.45) is -2.13. The van der Waals surface area contributed by atoms with Crippen molar-refractivity contribution in [1.29, 1.82) is 0 Å². The Morgan fingerprint density at radius 3 is 0.897 bits per heavy atom. The summed E-state index contributed by atoms with van der Waals surface area (Å²) in [5.74, 6) is -3.79. The van der Waals surface area contributed by atoms with Gasteiger partial charge in [-0.2, -0.15) is 0 Å². The molecule has 8 aromatic rings. The molecule has 502 valence electrons. The zero-order valence-corrected chi connectivity index (χ0v) is 56.5. The predicted octanol–water partition coefficient (Wildman–Crippen LogP) is 13.1. The molecule has 19 nitrogen and oxygen atoms in total. The Morgan fingerprint density at radius 1 is 0.371 bits per heavy atom. The van der Waals surface area contributed by atoms with E-state index in [1.807, 2.05) is 177 Å². The summed E-state index contributed by atoms with van der Waals surface area (Å²) in [6, 6.07) is 62.1. The Balaban J connectivity index is 0.000000176. The van der Waals surface area contributed by atoms with Crippen LogP contribution in [0.15, 0.2) is 206 Å². The van der Waals surface area contributed by atoms with E-state index in [0.29, 0.717) is 0 Å². The molecule has 0 radical (unpaired) electrons. The van der Waals surface area contributed by atoms with Crippen LogP contribution in [-0.2, 0) is 55.7 Å². The van der Waals surface area contributed by atoms with E-state index in [1.54, 1.807) is 13.8 Å². The standard InChI is InChI=1S/C31H36N2O5Si.C28H28N2O5.C18H17NO4/c1-21(29(34)33(19-23-13-7-6-8-14-23)22(2)30(35)38-39(3,4)5)32-31(36)37-20-28-26-17-11-9-15-24(26)25-16-10-12-18-27(25)28;1-18(26(31)30(19(2)27(32)33)16-20-10-4-3-5-11-20)29-28(34)35-17-25-23-14-8-6-12-21(23)22-13-7-9-15-24(22)25;1-11(17(20)21)19-18(22)23-10-16-14-8-4-2-6-12(14)13-7-3-5-9-15(13)16/h6-18,21-22,28H,19-20H2,1-5H3,(H,32,36);3-15,18-19,25H,16-17H2,1-2H3,(H,29,34)(H,32,33);2-9,11,16H,10H2,1H3,(H,19,22)(H,20,21)/t21-,22-;18-,19-;11-/m000/s1. The number of hydrogen-bond donors (Lipinski definition) is 5. The largest absolute Gasteiger partial charge is 0.518 e. The summed E-state index contributed by atoms with van der Waals surface area (Å²) in [7, 11) is -2.16. The predicted molar refractivity (Wildman–Crippen MR) is 371 cm³/mol. The minimum Gasteiger partial charge on any atom is -0.518 e. The van der Waals surface area contributed by atoms with Crippen LogP contribution in [-0.4, -0.2) is 126 Å². The number of carboxylic acid groups (broad SMARTS) is 2. The first-order valence-electron chi connectivity index (χ1n) is 32.2. The first kappa shape index (κ1) is 70.5. The molecule has 0 aliphatic heterocycles. The molecular weight excluding hydrogens is 1250 g/mol. The fourth-order valence-electron chi connectivity index (χ4n) is 12.2. The van der Waals surface area contributed by atoms with Crippen LogP contribution in [0.5, 0.6) is 0 Å². The number of carbonyl (C=O) groups excluding carboxylic acids is 6. The molecule has 5 amide bonds. The maximum absolute atomic E-state index is 13.5. The first-order valence-corrected chi connectivity index (χ1v) is 35.6. The third kappa shape index (κ3) is 17.5.